The maximum absolute atomic E-state index is 11.0. The van der Waals surface area contributed by atoms with Gasteiger partial charge in [-0.1, -0.05) is 70.2 Å². The third kappa shape index (κ3) is 2.76. The molecule has 4 rings (SSSR count). The number of carbonyl (C=O) groups excluding carboxylic acids is 1. The van der Waals surface area contributed by atoms with Crippen molar-refractivity contribution in [2.24, 2.45) is 0 Å². The number of benzene rings is 3. The van der Waals surface area contributed by atoms with Gasteiger partial charge < -0.3 is 0 Å². The average Bonchev–Trinajstić information content (AvgIpc) is 2.64. The molecule has 0 amide bonds. The maximum Gasteiger partial charge on any atom is 0.150 e. The van der Waals surface area contributed by atoms with E-state index in [9.17, 15) is 4.79 Å². The molecule has 0 aromatic heterocycles. The van der Waals surface area contributed by atoms with E-state index in [0.29, 0.717) is 0 Å². The Labute approximate surface area is 156 Å². The summed E-state index contributed by atoms with van der Waals surface area (Å²) in [5.41, 5.74) is 6.68. The Morgan fingerprint density at radius 3 is 2.00 bits per heavy atom. The minimum atomic E-state index is 0.219. The van der Waals surface area contributed by atoms with Gasteiger partial charge in [-0.25, -0.2) is 0 Å². The molecule has 0 spiro atoms. The van der Waals surface area contributed by atoms with E-state index < -0.39 is 0 Å². The van der Waals surface area contributed by atoms with Crippen LogP contribution in [0.1, 0.15) is 62.0 Å². The predicted octanol–water partition coefficient (Wildman–Crippen LogP) is 6.67. The first-order chi connectivity index (χ1) is 12.3. The number of fused-ring (bicyclic) bond motifs is 2. The lowest BCUT2D eigenvalue weighted by molar-refractivity contribution is 0.112. The van der Waals surface area contributed by atoms with Crippen molar-refractivity contribution in [1.29, 1.82) is 0 Å². The molecule has 0 aliphatic heterocycles. The molecule has 1 heteroatoms. The van der Waals surface area contributed by atoms with Gasteiger partial charge in [-0.2, -0.15) is 0 Å². The molecule has 0 saturated carbocycles. The zero-order chi connectivity index (χ0) is 18.5. The third-order valence-electron chi connectivity index (χ3n) is 6.19. The van der Waals surface area contributed by atoms with Gasteiger partial charge in [-0.05, 0) is 68.8 Å². The van der Waals surface area contributed by atoms with Gasteiger partial charge in [0.15, 0.2) is 0 Å². The Balaban J connectivity index is 1.84. The molecule has 1 aliphatic carbocycles. The summed E-state index contributed by atoms with van der Waals surface area (Å²) in [4.78, 5) is 11.0. The molecule has 0 heterocycles. The Bertz CT molecular complexity index is 1010. The summed E-state index contributed by atoms with van der Waals surface area (Å²) in [6.45, 7) is 9.46. The maximum atomic E-state index is 11.0. The van der Waals surface area contributed by atoms with Crippen LogP contribution in [0.3, 0.4) is 0 Å². The Morgan fingerprint density at radius 1 is 0.692 bits per heavy atom. The standard InChI is InChI=1S/C25H26O/c1-24(2)11-12-25(3,4)23-15-21(9-10-22(23)24)20-8-7-18-13-17(16-26)5-6-19(18)14-20/h5-10,13-16H,11-12H2,1-4H3. The van der Waals surface area contributed by atoms with E-state index in [2.05, 4.69) is 64.1 Å². The number of hydrogen-bond donors (Lipinski definition) is 0. The Morgan fingerprint density at radius 2 is 1.27 bits per heavy atom. The van der Waals surface area contributed by atoms with Gasteiger partial charge in [0.1, 0.15) is 6.29 Å². The average molecular weight is 342 g/mol. The van der Waals surface area contributed by atoms with Crippen LogP contribution in [0, 0.1) is 0 Å². The smallest absolute Gasteiger partial charge is 0.150 e. The van der Waals surface area contributed by atoms with Crippen molar-refractivity contribution in [2.45, 2.75) is 51.4 Å². The minimum absolute atomic E-state index is 0.219. The summed E-state index contributed by atoms with van der Waals surface area (Å²) in [6, 6.07) is 19.4. The topological polar surface area (TPSA) is 17.1 Å². The number of aldehydes is 1. The molecular weight excluding hydrogens is 316 g/mol. The highest BCUT2D eigenvalue weighted by Crippen LogP contribution is 2.46. The first-order valence-electron chi connectivity index (χ1n) is 9.45. The van der Waals surface area contributed by atoms with Crippen molar-refractivity contribution < 1.29 is 4.79 Å². The van der Waals surface area contributed by atoms with Crippen molar-refractivity contribution in [3.63, 3.8) is 0 Å². The zero-order valence-corrected chi connectivity index (χ0v) is 16.1. The van der Waals surface area contributed by atoms with Crippen molar-refractivity contribution in [3.05, 3.63) is 71.3 Å². The second-order valence-corrected chi connectivity index (χ2v) is 8.97. The van der Waals surface area contributed by atoms with Crippen molar-refractivity contribution in [1.82, 2.24) is 0 Å². The molecule has 0 radical (unpaired) electrons. The molecule has 3 aromatic rings. The molecule has 132 valence electrons. The quantitative estimate of drug-likeness (QED) is 0.475. The van der Waals surface area contributed by atoms with Crippen LogP contribution in [0.5, 0.6) is 0 Å². The van der Waals surface area contributed by atoms with E-state index in [1.54, 1.807) is 0 Å². The molecule has 1 nitrogen and oxygen atoms in total. The first kappa shape index (κ1) is 17.0. The van der Waals surface area contributed by atoms with Crippen molar-refractivity contribution in [2.75, 3.05) is 0 Å². The number of carbonyl (C=O) groups is 1. The predicted molar refractivity (Wildman–Crippen MR) is 110 cm³/mol. The molecule has 0 saturated heterocycles. The van der Waals surface area contributed by atoms with E-state index in [-0.39, 0.29) is 10.8 Å². The van der Waals surface area contributed by atoms with Crippen LogP contribution in [0.15, 0.2) is 54.6 Å². The molecular formula is C25H26O. The van der Waals surface area contributed by atoms with Gasteiger partial charge in [0.25, 0.3) is 0 Å². The lowest BCUT2D eigenvalue weighted by atomic mass is 9.63. The van der Waals surface area contributed by atoms with E-state index in [1.165, 1.54) is 40.5 Å². The summed E-state index contributed by atoms with van der Waals surface area (Å²) < 4.78 is 0. The highest BCUT2D eigenvalue weighted by Gasteiger charge is 2.36. The van der Waals surface area contributed by atoms with Crippen LogP contribution in [0.25, 0.3) is 21.9 Å². The summed E-state index contributed by atoms with van der Waals surface area (Å²) in [6.07, 6.45) is 3.37. The van der Waals surface area contributed by atoms with E-state index in [0.717, 1.165) is 17.2 Å². The van der Waals surface area contributed by atoms with Gasteiger partial charge >= 0.3 is 0 Å². The van der Waals surface area contributed by atoms with Crippen molar-refractivity contribution >= 4 is 17.1 Å². The second-order valence-electron chi connectivity index (χ2n) is 8.97. The number of rotatable bonds is 2. The van der Waals surface area contributed by atoms with Crippen LogP contribution >= 0.6 is 0 Å². The lowest BCUT2D eigenvalue weighted by Crippen LogP contribution is -2.33. The minimum Gasteiger partial charge on any atom is -0.298 e. The van der Waals surface area contributed by atoms with Crippen LogP contribution in [-0.2, 0) is 10.8 Å². The van der Waals surface area contributed by atoms with E-state index in [4.69, 9.17) is 0 Å². The molecule has 0 unspecified atom stereocenters. The molecule has 0 fully saturated rings. The van der Waals surface area contributed by atoms with Gasteiger partial charge in [-0.3, -0.25) is 4.79 Å². The Kier molecular flexibility index (Phi) is 3.80. The second kappa shape index (κ2) is 5.81. The molecule has 1 aliphatic rings. The van der Waals surface area contributed by atoms with E-state index in [1.807, 2.05) is 18.2 Å². The molecule has 0 bridgehead atoms. The summed E-state index contributed by atoms with van der Waals surface area (Å²) >= 11 is 0. The largest absolute Gasteiger partial charge is 0.298 e. The van der Waals surface area contributed by atoms with Crippen LogP contribution in [0.4, 0.5) is 0 Å². The molecule has 0 N–H and O–H groups in total. The fourth-order valence-corrected chi connectivity index (χ4v) is 4.29. The fraction of sp³-hybridized carbons (Fsp3) is 0.320. The Hall–Kier alpha value is -2.41. The monoisotopic (exact) mass is 342 g/mol. The van der Waals surface area contributed by atoms with Crippen LogP contribution in [0.2, 0.25) is 0 Å². The van der Waals surface area contributed by atoms with E-state index >= 15 is 0 Å². The lowest BCUT2D eigenvalue weighted by Gasteiger charge is -2.42. The third-order valence-corrected chi connectivity index (χ3v) is 6.19. The normalized spacial score (nSPS) is 17.7. The van der Waals surface area contributed by atoms with Crippen molar-refractivity contribution in [3.8, 4) is 11.1 Å². The molecule has 3 aromatic carbocycles. The SMILES string of the molecule is CC1(C)CCC(C)(C)c2cc(-c3ccc4cc(C=O)ccc4c3)ccc21. The first-order valence-corrected chi connectivity index (χ1v) is 9.45. The van der Waals surface area contributed by atoms with Gasteiger partial charge in [0, 0.05) is 5.56 Å². The molecule has 0 atom stereocenters. The fourth-order valence-electron chi connectivity index (χ4n) is 4.29. The molecule has 26 heavy (non-hydrogen) atoms. The van der Waals surface area contributed by atoms with Gasteiger partial charge in [-0.15, -0.1) is 0 Å². The van der Waals surface area contributed by atoms with Gasteiger partial charge in [0.2, 0.25) is 0 Å². The summed E-state index contributed by atoms with van der Waals surface area (Å²) in [5, 5.41) is 2.28. The van der Waals surface area contributed by atoms with Crippen LogP contribution in [-0.4, -0.2) is 6.29 Å². The van der Waals surface area contributed by atoms with Gasteiger partial charge in [0.05, 0.1) is 0 Å². The van der Waals surface area contributed by atoms with Crippen LogP contribution < -0.4 is 0 Å². The summed E-state index contributed by atoms with van der Waals surface area (Å²) in [5.74, 6) is 0. The summed E-state index contributed by atoms with van der Waals surface area (Å²) in [7, 11) is 0. The zero-order valence-electron chi connectivity index (χ0n) is 16.1. The highest BCUT2D eigenvalue weighted by molar-refractivity contribution is 5.91. The highest BCUT2D eigenvalue weighted by atomic mass is 16.1. The number of hydrogen-bond acceptors (Lipinski definition) is 1.